The van der Waals surface area contributed by atoms with Crippen LogP contribution in [0.15, 0.2) is 18.2 Å². The van der Waals surface area contributed by atoms with Gasteiger partial charge in [0.1, 0.15) is 5.69 Å². The van der Waals surface area contributed by atoms with Crippen LogP contribution in [0.2, 0.25) is 0 Å². The second kappa shape index (κ2) is 5.88. The zero-order valence-corrected chi connectivity index (χ0v) is 10.8. The Bertz CT molecular complexity index is 464. The number of ether oxygens (including phenoxy) is 1. The Morgan fingerprint density at radius 1 is 1.53 bits per heavy atom. The van der Waals surface area contributed by atoms with Crippen molar-refractivity contribution in [2.75, 3.05) is 19.0 Å². The van der Waals surface area contributed by atoms with Gasteiger partial charge in [0, 0.05) is 18.6 Å². The van der Waals surface area contributed by atoms with Gasteiger partial charge in [-0.3, -0.25) is 10.1 Å². The van der Waals surface area contributed by atoms with Crippen LogP contribution in [-0.2, 0) is 0 Å². The van der Waals surface area contributed by atoms with Gasteiger partial charge in [-0.25, -0.2) is 0 Å². The third-order valence-corrected chi connectivity index (χ3v) is 3.64. The van der Waals surface area contributed by atoms with Crippen molar-refractivity contribution in [2.24, 2.45) is 5.92 Å². The van der Waals surface area contributed by atoms with Crippen LogP contribution >= 0.6 is 0 Å². The molecule has 2 rings (SSSR count). The van der Waals surface area contributed by atoms with Crippen LogP contribution in [0.1, 0.15) is 19.3 Å². The predicted octanol–water partition coefficient (Wildman–Crippen LogP) is 2.18. The SMILES string of the molecule is COc1cccc(NC2CCCC2CO)c1[N+](=O)[O-]. The standard InChI is InChI=1S/C13H18N2O4/c1-19-12-7-3-6-11(13(12)15(17)18)14-10-5-2-4-9(10)8-16/h3,6-7,9-10,14,16H,2,4-5,8H2,1H3. The zero-order chi connectivity index (χ0) is 13.8. The fourth-order valence-corrected chi connectivity index (χ4v) is 2.64. The van der Waals surface area contributed by atoms with Crippen molar-refractivity contribution in [1.82, 2.24) is 0 Å². The smallest absolute Gasteiger partial charge is 0.333 e. The first-order chi connectivity index (χ1) is 9.17. The summed E-state index contributed by atoms with van der Waals surface area (Å²) in [4.78, 5) is 10.7. The highest BCUT2D eigenvalue weighted by atomic mass is 16.6. The number of hydrogen-bond acceptors (Lipinski definition) is 5. The van der Waals surface area contributed by atoms with Gasteiger partial charge in [0.15, 0.2) is 5.75 Å². The van der Waals surface area contributed by atoms with E-state index in [4.69, 9.17) is 4.74 Å². The molecule has 19 heavy (non-hydrogen) atoms. The summed E-state index contributed by atoms with van der Waals surface area (Å²) in [5.41, 5.74) is 0.406. The van der Waals surface area contributed by atoms with Gasteiger partial charge in [0.25, 0.3) is 0 Å². The molecule has 1 fully saturated rings. The molecule has 1 aliphatic rings. The largest absolute Gasteiger partial charge is 0.490 e. The maximum absolute atomic E-state index is 11.2. The van der Waals surface area contributed by atoms with E-state index in [0.29, 0.717) is 5.69 Å². The van der Waals surface area contributed by atoms with Crippen molar-refractivity contribution in [3.8, 4) is 5.75 Å². The van der Waals surface area contributed by atoms with Gasteiger partial charge in [0.2, 0.25) is 0 Å². The monoisotopic (exact) mass is 266 g/mol. The van der Waals surface area contributed by atoms with E-state index in [0.717, 1.165) is 19.3 Å². The third kappa shape index (κ3) is 2.78. The van der Waals surface area contributed by atoms with E-state index in [-0.39, 0.29) is 30.0 Å². The topological polar surface area (TPSA) is 84.6 Å². The molecular formula is C13H18N2O4. The Morgan fingerprint density at radius 3 is 2.95 bits per heavy atom. The number of aliphatic hydroxyl groups excluding tert-OH is 1. The lowest BCUT2D eigenvalue weighted by Gasteiger charge is -2.20. The number of anilines is 1. The summed E-state index contributed by atoms with van der Waals surface area (Å²) in [6.45, 7) is 0.107. The van der Waals surface area contributed by atoms with Crippen molar-refractivity contribution >= 4 is 11.4 Å². The van der Waals surface area contributed by atoms with Gasteiger partial charge in [-0.2, -0.15) is 0 Å². The quantitative estimate of drug-likeness (QED) is 0.630. The average molecular weight is 266 g/mol. The highest BCUT2D eigenvalue weighted by Crippen LogP contribution is 2.37. The summed E-state index contributed by atoms with van der Waals surface area (Å²) in [6.07, 6.45) is 2.90. The van der Waals surface area contributed by atoms with Gasteiger partial charge in [0.05, 0.1) is 12.0 Å². The molecule has 1 aromatic rings. The van der Waals surface area contributed by atoms with Gasteiger partial charge in [-0.05, 0) is 25.0 Å². The molecule has 1 aliphatic carbocycles. The second-order valence-electron chi connectivity index (χ2n) is 4.74. The molecule has 2 atom stereocenters. The van der Waals surface area contributed by atoms with E-state index < -0.39 is 4.92 Å². The molecule has 1 aromatic carbocycles. The Labute approximate surface area is 111 Å². The molecule has 0 aromatic heterocycles. The van der Waals surface area contributed by atoms with Crippen LogP contribution in [0.5, 0.6) is 5.75 Å². The summed E-state index contributed by atoms with van der Waals surface area (Å²) < 4.78 is 5.03. The number of nitrogens with zero attached hydrogens (tertiary/aromatic N) is 1. The molecular weight excluding hydrogens is 248 g/mol. The lowest BCUT2D eigenvalue weighted by atomic mass is 10.0. The van der Waals surface area contributed by atoms with Crippen molar-refractivity contribution < 1.29 is 14.8 Å². The van der Waals surface area contributed by atoms with Crippen molar-refractivity contribution in [2.45, 2.75) is 25.3 Å². The van der Waals surface area contributed by atoms with E-state index in [1.54, 1.807) is 18.2 Å². The third-order valence-electron chi connectivity index (χ3n) is 3.64. The maximum Gasteiger partial charge on any atom is 0.333 e. The number of rotatable bonds is 5. The first-order valence-electron chi connectivity index (χ1n) is 6.36. The molecule has 6 nitrogen and oxygen atoms in total. The van der Waals surface area contributed by atoms with Gasteiger partial charge < -0.3 is 15.2 Å². The summed E-state index contributed by atoms with van der Waals surface area (Å²) in [5, 5.41) is 23.6. The summed E-state index contributed by atoms with van der Waals surface area (Å²) in [5.74, 6) is 0.402. The van der Waals surface area contributed by atoms with Gasteiger partial charge in [-0.1, -0.05) is 12.5 Å². The van der Waals surface area contributed by atoms with E-state index in [1.165, 1.54) is 7.11 Å². The fourth-order valence-electron chi connectivity index (χ4n) is 2.64. The molecule has 0 bridgehead atoms. The second-order valence-corrected chi connectivity index (χ2v) is 4.74. The highest BCUT2D eigenvalue weighted by Gasteiger charge is 2.29. The van der Waals surface area contributed by atoms with Crippen LogP contribution in [-0.4, -0.2) is 29.8 Å². The molecule has 0 saturated heterocycles. The Kier molecular flexibility index (Phi) is 4.21. The van der Waals surface area contributed by atoms with E-state index in [2.05, 4.69) is 5.32 Å². The van der Waals surface area contributed by atoms with Crippen molar-refractivity contribution in [3.63, 3.8) is 0 Å². The first-order valence-corrected chi connectivity index (χ1v) is 6.36. The predicted molar refractivity (Wildman–Crippen MR) is 71.5 cm³/mol. The molecule has 2 N–H and O–H groups in total. The fraction of sp³-hybridized carbons (Fsp3) is 0.538. The molecule has 2 unspecified atom stereocenters. The maximum atomic E-state index is 11.2. The minimum atomic E-state index is -0.440. The highest BCUT2D eigenvalue weighted by molar-refractivity contribution is 5.68. The lowest BCUT2D eigenvalue weighted by Crippen LogP contribution is -2.26. The Morgan fingerprint density at radius 2 is 2.32 bits per heavy atom. The first kappa shape index (κ1) is 13.6. The molecule has 1 saturated carbocycles. The van der Waals surface area contributed by atoms with Crippen LogP contribution in [0, 0.1) is 16.0 Å². The Balaban J connectivity index is 2.27. The number of nitro groups is 1. The molecule has 0 aliphatic heterocycles. The zero-order valence-electron chi connectivity index (χ0n) is 10.8. The summed E-state index contributed by atoms with van der Waals surface area (Å²) in [7, 11) is 1.41. The minimum absolute atomic E-state index is 0.0476. The number of nitrogens with one attached hydrogen (secondary N) is 1. The van der Waals surface area contributed by atoms with E-state index >= 15 is 0 Å². The normalized spacial score (nSPS) is 22.2. The van der Waals surface area contributed by atoms with Crippen molar-refractivity contribution in [1.29, 1.82) is 0 Å². The average Bonchev–Trinajstić information content (AvgIpc) is 2.85. The van der Waals surface area contributed by atoms with Gasteiger partial charge in [-0.15, -0.1) is 0 Å². The Hall–Kier alpha value is -1.82. The number of nitro benzene ring substituents is 1. The molecule has 104 valence electrons. The van der Waals surface area contributed by atoms with Crippen molar-refractivity contribution in [3.05, 3.63) is 28.3 Å². The molecule has 0 heterocycles. The van der Waals surface area contributed by atoms with Crippen LogP contribution < -0.4 is 10.1 Å². The number of methoxy groups -OCH3 is 1. The summed E-state index contributed by atoms with van der Waals surface area (Å²) in [6, 6.07) is 5.04. The van der Waals surface area contributed by atoms with Gasteiger partial charge >= 0.3 is 5.69 Å². The van der Waals surface area contributed by atoms with Crippen LogP contribution in [0.3, 0.4) is 0 Å². The van der Waals surface area contributed by atoms with E-state index in [1.807, 2.05) is 0 Å². The number of hydrogen-bond donors (Lipinski definition) is 2. The number of benzene rings is 1. The summed E-state index contributed by atoms with van der Waals surface area (Å²) >= 11 is 0. The number of para-hydroxylation sites is 1. The number of aliphatic hydroxyl groups is 1. The lowest BCUT2D eigenvalue weighted by molar-refractivity contribution is -0.384. The van der Waals surface area contributed by atoms with Crippen LogP contribution in [0.25, 0.3) is 0 Å². The molecule has 0 radical (unpaired) electrons. The minimum Gasteiger partial charge on any atom is -0.490 e. The molecule has 6 heteroatoms. The molecule has 0 amide bonds. The molecule has 0 spiro atoms. The van der Waals surface area contributed by atoms with E-state index in [9.17, 15) is 15.2 Å². The van der Waals surface area contributed by atoms with Crippen LogP contribution in [0.4, 0.5) is 11.4 Å².